The maximum absolute atomic E-state index is 13.2. The Kier molecular flexibility index (Phi) is 6.40. The van der Waals surface area contributed by atoms with Gasteiger partial charge in [0.2, 0.25) is 15.9 Å². The van der Waals surface area contributed by atoms with Gasteiger partial charge in [-0.05, 0) is 55.7 Å². The van der Waals surface area contributed by atoms with E-state index >= 15 is 0 Å². The first-order valence-electron chi connectivity index (χ1n) is 9.77. The molecule has 2 aromatic carbocycles. The van der Waals surface area contributed by atoms with Crippen molar-refractivity contribution in [1.29, 1.82) is 5.26 Å². The van der Waals surface area contributed by atoms with Crippen LogP contribution in [-0.2, 0) is 14.8 Å². The van der Waals surface area contributed by atoms with Crippen molar-refractivity contribution in [3.05, 3.63) is 70.3 Å². The van der Waals surface area contributed by atoms with Crippen LogP contribution in [-0.4, -0.2) is 49.7 Å². The van der Waals surface area contributed by atoms with Crippen LogP contribution in [0.3, 0.4) is 0 Å². The molecule has 0 spiro atoms. The highest BCUT2D eigenvalue weighted by molar-refractivity contribution is 7.89. The van der Waals surface area contributed by atoms with E-state index in [0.29, 0.717) is 23.5 Å². The SMILES string of the molecule is Cc1cc(C)c(S(=O)(=O)N2CCN(C(=O)/C=C/c3ccc(C#N)cc3)CC2)c(C)c1. The van der Waals surface area contributed by atoms with Gasteiger partial charge >= 0.3 is 0 Å². The molecule has 0 aliphatic carbocycles. The van der Waals surface area contributed by atoms with Crippen LogP contribution >= 0.6 is 0 Å². The number of hydrogen-bond acceptors (Lipinski definition) is 4. The van der Waals surface area contributed by atoms with E-state index in [1.807, 2.05) is 32.9 Å². The van der Waals surface area contributed by atoms with Crippen LogP contribution in [0.25, 0.3) is 6.08 Å². The minimum atomic E-state index is -3.60. The van der Waals surface area contributed by atoms with Crippen LogP contribution in [0.2, 0.25) is 0 Å². The van der Waals surface area contributed by atoms with E-state index in [0.717, 1.165) is 22.3 Å². The number of aryl methyl sites for hydroxylation is 3. The molecular formula is C23H25N3O3S. The monoisotopic (exact) mass is 423 g/mol. The fourth-order valence-corrected chi connectivity index (χ4v) is 5.63. The predicted octanol–water partition coefficient (Wildman–Crippen LogP) is 3.03. The molecule has 2 aromatic rings. The molecule has 0 radical (unpaired) electrons. The molecule has 30 heavy (non-hydrogen) atoms. The first kappa shape index (κ1) is 21.8. The Morgan fingerprint density at radius 3 is 2.10 bits per heavy atom. The van der Waals surface area contributed by atoms with Gasteiger partial charge in [-0.2, -0.15) is 9.57 Å². The second-order valence-corrected chi connectivity index (χ2v) is 9.40. The lowest BCUT2D eigenvalue weighted by molar-refractivity contribution is -0.127. The van der Waals surface area contributed by atoms with Crippen LogP contribution in [0.4, 0.5) is 0 Å². The number of carbonyl (C=O) groups is 1. The van der Waals surface area contributed by atoms with E-state index in [2.05, 4.69) is 6.07 Å². The highest BCUT2D eigenvalue weighted by Crippen LogP contribution is 2.26. The summed E-state index contributed by atoms with van der Waals surface area (Å²) in [7, 11) is -3.60. The normalized spacial score (nSPS) is 15.3. The first-order valence-corrected chi connectivity index (χ1v) is 11.2. The fraction of sp³-hybridized carbons (Fsp3) is 0.304. The van der Waals surface area contributed by atoms with Gasteiger partial charge in [0.1, 0.15) is 0 Å². The summed E-state index contributed by atoms with van der Waals surface area (Å²) in [4.78, 5) is 14.5. The summed E-state index contributed by atoms with van der Waals surface area (Å²) in [5.74, 6) is -0.154. The summed E-state index contributed by atoms with van der Waals surface area (Å²) in [5, 5.41) is 8.84. The van der Waals surface area contributed by atoms with Gasteiger partial charge in [-0.25, -0.2) is 8.42 Å². The summed E-state index contributed by atoms with van der Waals surface area (Å²) < 4.78 is 27.8. The molecule has 6 nitrogen and oxygen atoms in total. The zero-order valence-corrected chi connectivity index (χ0v) is 18.2. The largest absolute Gasteiger partial charge is 0.337 e. The molecule has 7 heteroatoms. The Balaban J connectivity index is 1.66. The summed E-state index contributed by atoms with van der Waals surface area (Å²) in [6, 6.07) is 12.8. The third kappa shape index (κ3) is 4.61. The van der Waals surface area contributed by atoms with Crippen molar-refractivity contribution in [2.24, 2.45) is 0 Å². The van der Waals surface area contributed by atoms with E-state index in [9.17, 15) is 13.2 Å². The van der Waals surface area contributed by atoms with Crippen molar-refractivity contribution in [3.63, 3.8) is 0 Å². The van der Waals surface area contributed by atoms with E-state index in [4.69, 9.17) is 5.26 Å². The third-order valence-electron chi connectivity index (χ3n) is 5.21. The Labute approximate surface area is 178 Å². The van der Waals surface area contributed by atoms with E-state index in [1.54, 1.807) is 35.2 Å². The van der Waals surface area contributed by atoms with Crippen molar-refractivity contribution in [2.45, 2.75) is 25.7 Å². The Morgan fingerprint density at radius 1 is 1.00 bits per heavy atom. The zero-order valence-electron chi connectivity index (χ0n) is 17.4. The molecule has 1 amide bonds. The van der Waals surface area contributed by atoms with Crippen molar-refractivity contribution >= 4 is 22.0 Å². The average Bonchev–Trinajstić information content (AvgIpc) is 2.71. The molecule has 1 aliphatic rings. The lowest BCUT2D eigenvalue weighted by atomic mass is 10.1. The van der Waals surface area contributed by atoms with Crippen LogP contribution in [0, 0.1) is 32.1 Å². The molecular weight excluding hydrogens is 398 g/mol. The Bertz CT molecular complexity index is 1100. The molecule has 1 heterocycles. The van der Waals surface area contributed by atoms with Crippen molar-refractivity contribution in [2.75, 3.05) is 26.2 Å². The number of nitrogens with zero attached hydrogens (tertiary/aromatic N) is 3. The van der Waals surface area contributed by atoms with E-state index in [1.165, 1.54) is 10.4 Å². The van der Waals surface area contributed by atoms with Gasteiger partial charge in [0.15, 0.2) is 0 Å². The van der Waals surface area contributed by atoms with Gasteiger partial charge in [0.25, 0.3) is 0 Å². The predicted molar refractivity (Wildman–Crippen MR) is 116 cm³/mol. The quantitative estimate of drug-likeness (QED) is 0.708. The number of sulfonamides is 1. The summed E-state index contributed by atoms with van der Waals surface area (Å²) >= 11 is 0. The summed E-state index contributed by atoms with van der Waals surface area (Å²) in [5.41, 5.74) is 3.92. The fourth-order valence-electron chi connectivity index (χ4n) is 3.79. The molecule has 1 saturated heterocycles. The molecule has 0 atom stereocenters. The number of amides is 1. The number of benzene rings is 2. The smallest absolute Gasteiger partial charge is 0.246 e. The van der Waals surface area contributed by atoms with Gasteiger partial charge in [0, 0.05) is 32.3 Å². The molecule has 0 unspecified atom stereocenters. The van der Waals surface area contributed by atoms with E-state index < -0.39 is 10.0 Å². The second kappa shape index (κ2) is 8.82. The summed E-state index contributed by atoms with van der Waals surface area (Å²) in [6.07, 6.45) is 3.19. The Hall–Kier alpha value is -2.95. The lowest BCUT2D eigenvalue weighted by Crippen LogP contribution is -2.50. The minimum Gasteiger partial charge on any atom is -0.337 e. The molecule has 1 fully saturated rings. The molecule has 1 aliphatic heterocycles. The number of piperazine rings is 1. The van der Waals surface area contributed by atoms with E-state index in [-0.39, 0.29) is 19.0 Å². The minimum absolute atomic E-state index is 0.154. The van der Waals surface area contributed by atoms with Gasteiger partial charge in [-0.15, -0.1) is 0 Å². The van der Waals surface area contributed by atoms with Crippen LogP contribution < -0.4 is 0 Å². The number of nitriles is 1. The number of carbonyl (C=O) groups excluding carboxylic acids is 1. The molecule has 3 rings (SSSR count). The number of rotatable bonds is 4. The molecule has 156 valence electrons. The first-order chi connectivity index (χ1) is 14.2. The maximum Gasteiger partial charge on any atom is 0.246 e. The third-order valence-corrected chi connectivity index (χ3v) is 7.42. The van der Waals surface area contributed by atoms with Crippen LogP contribution in [0.1, 0.15) is 27.8 Å². The van der Waals surface area contributed by atoms with Crippen molar-refractivity contribution < 1.29 is 13.2 Å². The van der Waals surface area contributed by atoms with Crippen molar-refractivity contribution in [1.82, 2.24) is 9.21 Å². The van der Waals surface area contributed by atoms with Crippen LogP contribution in [0.15, 0.2) is 47.4 Å². The van der Waals surface area contributed by atoms with Gasteiger partial charge in [-0.1, -0.05) is 29.8 Å². The van der Waals surface area contributed by atoms with Crippen molar-refractivity contribution in [3.8, 4) is 6.07 Å². The summed E-state index contributed by atoms with van der Waals surface area (Å²) in [6.45, 7) is 6.82. The van der Waals surface area contributed by atoms with Gasteiger partial charge in [0.05, 0.1) is 16.5 Å². The lowest BCUT2D eigenvalue weighted by Gasteiger charge is -2.34. The molecule has 0 aromatic heterocycles. The van der Waals surface area contributed by atoms with Crippen LogP contribution in [0.5, 0.6) is 0 Å². The maximum atomic E-state index is 13.2. The topological polar surface area (TPSA) is 81.5 Å². The van der Waals surface area contributed by atoms with Gasteiger partial charge in [-0.3, -0.25) is 4.79 Å². The highest BCUT2D eigenvalue weighted by atomic mass is 32.2. The standard InChI is InChI=1S/C23H25N3O3S/c1-17-14-18(2)23(19(3)15-17)30(28,29)26-12-10-25(11-13-26)22(27)9-8-20-4-6-21(16-24)7-5-20/h4-9,14-15H,10-13H2,1-3H3/b9-8+. The number of hydrogen-bond donors (Lipinski definition) is 0. The Morgan fingerprint density at radius 2 is 1.57 bits per heavy atom. The molecule has 0 saturated carbocycles. The highest BCUT2D eigenvalue weighted by Gasteiger charge is 2.31. The molecule has 0 N–H and O–H groups in total. The average molecular weight is 424 g/mol. The zero-order chi connectivity index (χ0) is 21.9. The molecule has 0 bridgehead atoms. The second-order valence-electron chi connectivity index (χ2n) is 7.52. The van der Waals surface area contributed by atoms with Gasteiger partial charge < -0.3 is 4.90 Å².